The Morgan fingerprint density at radius 1 is 1.00 bits per heavy atom. The van der Waals surface area contributed by atoms with Crippen molar-refractivity contribution < 1.29 is 14.6 Å². The van der Waals surface area contributed by atoms with Crippen molar-refractivity contribution in [2.24, 2.45) is 0 Å². The molecule has 0 saturated heterocycles. The summed E-state index contributed by atoms with van der Waals surface area (Å²) >= 11 is 6.24. The number of aliphatic hydroxyl groups excluding tert-OH is 1. The van der Waals surface area contributed by atoms with E-state index in [1.807, 2.05) is 49.4 Å². The molecule has 0 fully saturated rings. The number of aromatic nitrogens is 1. The van der Waals surface area contributed by atoms with E-state index < -0.39 is 6.29 Å². The summed E-state index contributed by atoms with van der Waals surface area (Å²) in [5, 5.41) is 25.5. The van der Waals surface area contributed by atoms with Crippen LogP contribution in [0.2, 0.25) is 5.02 Å². The molecule has 7 nitrogen and oxygen atoms in total. The van der Waals surface area contributed by atoms with Gasteiger partial charge in [0.25, 0.3) is 0 Å². The number of hydrogen-bond acceptors (Lipinski definition) is 7. The fraction of sp³-hybridized carbons (Fsp3) is 0.0968. The lowest BCUT2D eigenvalue weighted by molar-refractivity contribution is -0.0420. The Labute approximate surface area is 228 Å². The molecule has 8 heteroatoms. The van der Waals surface area contributed by atoms with Gasteiger partial charge >= 0.3 is 0 Å². The van der Waals surface area contributed by atoms with Crippen molar-refractivity contribution in [1.29, 1.82) is 0 Å². The molecule has 4 aromatic rings. The smallest absolute Gasteiger partial charge is 0.200 e. The van der Waals surface area contributed by atoms with E-state index in [9.17, 15) is 15.0 Å². The summed E-state index contributed by atoms with van der Waals surface area (Å²) in [6, 6.07) is 23.4. The standard InChI is InChI=1S/C31H24ClN3O4/c1-16-9-10-17-5-4-8-25(29(17)35-16)34-15-22-24(33)12-11-20-28(18-6-2-3-7-19(18)31(37)38)21-13-23(32)26(36)14-27(21)39-30(20)22/h2-14,31,34,37-38H,15,33H2,1H3. The van der Waals surface area contributed by atoms with Gasteiger partial charge in [-0.15, -0.1) is 0 Å². The average molecular weight is 538 g/mol. The van der Waals surface area contributed by atoms with Gasteiger partial charge in [0.2, 0.25) is 5.43 Å². The lowest BCUT2D eigenvalue weighted by Crippen LogP contribution is -2.07. The second-order valence-corrected chi connectivity index (χ2v) is 9.82. The second-order valence-electron chi connectivity index (χ2n) is 9.41. The van der Waals surface area contributed by atoms with Crippen LogP contribution in [-0.4, -0.2) is 15.2 Å². The van der Waals surface area contributed by atoms with Crippen molar-refractivity contribution >= 4 is 44.8 Å². The van der Waals surface area contributed by atoms with Crippen LogP contribution in [0.5, 0.6) is 0 Å². The summed E-state index contributed by atoms with van der Waals surface area (Å²) in [5.41, 5.74) is 12.4. The van der Waals surface area contributed by atoms with Gasteiger partial charge in [0, 0.05) is 57.0 Å². The predicted molar refractivity (Wildman–Crippen MR) is 155 cm³/mol. The highest BCUT2D eigenvalue weighted by Crippen LogP contribution is 2.44. The monoisotopic (exact) mass is 537 g/mol. The predicted octanol–water partition coefficient (Wildman–Crippen LogP) is 6.25. The zero-order chi connectivity index (χ0) is 27.3. The highest BCUT2D eigenvalue weighted by Gasteiger charge is 2.24. The normalized spacial score (nSPS) is 11.6. The number of rotatable bonds is 5. The van der Waals surface area contributed by atoms with Crippen LogP contribution in [0.25, 0.3) is 44.3 Å². The molecule has 0 saturated carbocycles. The minimum absolute atomic E-state index is 0.0383. The van der Waals surface area contributed by atoms with Gasteiger partial charge in [-0.25, -0.2) is 0 Å². The first-order valence-electron chi connectivity index (χ1n) is 12.3. The minimum Gasteiger partial charge on any atom is -0.455 e. The Bertz CT molecular complexity index is 1920. The molecule has 6 rings (SSSR count). The molecule has 0 amide bonds. The summed E-state index contributed by atoms with van der Waals surface area (Å²) in [5.74, 6) is 0.309. The molecular formula is C31H24ClN3O4. The summed E-state index contributed by atoms with van der Waals surface area (Å²) < 4.78 is 6.33. The van der Waals surface area contributed by atoms with Crippen LogP contribution in [0.15, 0.2) is 88.1 Å². The number of benzene rings is 4. The highest BCUT2D eigenvalue weighted by atomic mass is 35.5. The molecule has 0 radical (unpaired) electrons. The molecule has 0 bridgehead atoms. The number of nitrogens with zero attached hydrogens (tertiary/aromatic N) is 1. The number of anilines is 2. The van der Waals surface area contributed by atoms with E-state index in [1.165, 1.54) is 6.07 Å². The average Bonchev–Trinajstić information content (AvgIpc) is 2.92. The topological polar surface area (TPSA) is 122 Å². The molecule has 5 N–H and O–H groups in total. The lowest BCUT2D eigenvalue weighted by Gasteiger charge is -2.21. The van der Waals surface area contributed by atoms with Gasteiger partial charge in [0.15, 0.2) is 6.29 Å². The first-order chi connectivity index (χ1) is 18.8. The van der Waals surface area contributed by atoms with Crippen LogP contribution in [0.3, 0.4) is 0 Å². The Kier molecular flexibility index (Phi) is 6.19. The number of nitrogens with two attached hydrogens (primary N) is 1. The lowest BCUT2D eigenvalue weighted by atomic mass is 9.89. The van der Waals surface area contributed by atoms with Crippen molar-refractivity contribution in [3.63, 3.8) is 0 Å². The van der Waals surface area contributed by atoms with Crippen LogP contribution < -0.4 is 16.5 Å². The summed E-state index contributed by atoms with van der Waals surface area (Å²) in [6.07, 6.45) is -1.71. The van der Waals surface area contributed by atoms with Crippen LogP contribution in [0.4, 0.5) is 11.4 Å². The van der Waals surface area contributed by atoms with E-state index in [0.717, 1.165) is 22.3 Å². The summed E-state index contributed by atoms with van der Waals surface area (Å²) in [7, 11) is 0. The van der Waals surface area contributed by atoms with E-state index in [4.69, 9.17) is 26.7 Å². The van der Waals surface area contributed by atoms with Gasteiger partial charge < -0.3 is 25.7 Å². The Hall–Kier alpha value is -4.43. The molecular weight excluding hydrogens is 514 g/mol. The maximum absolute atomic E-state index is 12.5. The zero-order valence-electron chi connectivity index (χ0n) is 20.9. The fourth-order valence-electron chi connectivity index (χ4n) is 5.02. The Balaban J connectivity index is 1.60. The van der Waals surface area contributed by atoms with Crippen molar-refractivity contribution in [3.05, 3.63) is 111 Å². The van der Waals surface area contributed by atoms with Gasteiger partial charge in [-0.05, 0) is 42.8 Å². The number of aliphatic hydroxyl groups is 2. The molecule has 0 spiro atoms. The molecule has 39 heavy (non-hydrogen) atoms. The number of fused-ring (bicyclic) bond motifs is 3. The van der Waals surface area contributed by atoms with Crippen molar-refractivity contribution in [3.8, 4) is 22.5 Å². The number of para-hydroxylation sites is 1. The van der Waals surface area contributed by atoms with Crippen LogP contribution in [0, 0.1) is 6.92 Å². The minimum atomic E-state index is -1.71. The quantitative estimate of drug-likeness (QED) is 0.116. The summed E-state index contributed by atoms with van der Waals surface area (Å²) in [4.78, 5) is 17.2. The van der Waals surface area contributed by atoms with E-state index in [-0.39, 0.29) is 10.5 Å². The fourth-order valence-corrected chi connectivity index (χ4v) is 5.18. The summed E-state index contributed by atoms with van der Waals surface area (Å²) in [6.45, 7) is 2.26. The zero-order valence-corrected chi connectivity index (χ0v) is 21.7. The first-order valence-corrected chi connectivity index (χ1v) is 12.7. The molecule has 1 aliphatic carbocycles. The van der Waals surface area contributed by atoms with Crippen LogP contribution in [0.1, 0.15) is 23.1 Å². The highest BCUT2D eigenvalue weighted by molar-refractivity contribution is 6.31. The van der Waals surface area contributed by atoms with Crippen molar-refractivity contribution in [2.75, 3.05) is 11.1 Å². The number of nitrogen functional groups attached to an aromatic ring is 1. The number of hydrogen-bond donors (Lipinski definition) is 4. The third-order valence-corrected chi connectivity index (χ3v) is 7.20. The molecule has 2 aliphatic rings. The second kappa shape index (κ2) is 9.71. The Morgan fingerprint density at radius 2 is 1.82 bits per heavy atom. The van der Waals surface area contributed by atoms with Gasteiger partial charge in [0.05, 0.1) is 16.2 Å². The van der Waals surface area contributed by atoms with E-state index in [2.05, 4.69) is 5.32 Å². The largest absolute Gasteiger partial charge is 0.455 e. The number of nitrogens with one attached hydrogen (secondary N) is 1. The maximum Gasteiger partial charge on any atom is 0.200 e. The SMILES string of the molecule is Cc1ccc2cccc(NCc3c(N)ccc4c(-c5ccccc5C(O)O)c5cc(Cl)c(=O)cc-5oc34)c2n1. The van der Waals surface area contributed by atoms with Crippen LogP contribution in [-0.2, 0) is 6.54 Å². The molecule has 3 aromatic carbocycles. The number of aryl methyl sites for hydroxylation is 1. The third-order valence-electron chi connectivity index (χ3n) is 6.90. The third kappa shape index (κ3) is 4.36. The first kappa shape index (κ1) is 24.9. The number of halogens is 1. The molecule has 1 aliphatic heterocycles. The molecule has 1 aromatic heterocycles. The molecule has 0 unspecified atom stereocenters. The van der Waals surface area contributed by atoms with Gasteiger partial charge in [-0.3, -0.25) is 9.78 Å². The van der Waals surface area contributed by atoms with E-state index >= 15 is 0 Å². The van der Waals surface area contributed by atoms with E-state index in [0.29, 0.717) is 56.8 Å². The van der Waals surface area contributed by atoms with Gasteiger partial charge in [-0.1, -0.05) is 54.1 Å². The van der Waals surface area contributed by atoms with Crippen LogP contribution >= 0.6 is 11.6 Å². The molecule has 2 heterocycles. The maximum atomic E-state index is 12.5. The van der Waals surface area contributed by atoms with E-state index in [1.54, 1.807) is 30.3 Å². The van der Waals surface area contributed by atoms with Crippen molar-refractivity contribution in [1.82, 2.24) is 4.98 Å². The van der Waals surface area contributed by atoms with Gasteiger partial charge in [-0.2, -0.15) is 0 Å². The van der Waals surface area contributed by atoms with Gasteiger partial charge in [0.1, 0.15) is 11.3 Å². The van der Waals surface area contributed by atoms with Crippen molar-refractivity contribution in [2.45, 2.75) is 19.8 Å². The molecule has 194 valence electrons. The molecule has 0 atom stereocenters. The number of pyridine rings is 1. The Morgan fingerprint density at radius 3 is 2.64 bits per heavy atom.